The van der Waals surface area contributed by atoms with Crippen LogP contribution in [0, 0.1) is 0 Å². The lowest BCUT2D eigenvalue weighted by atomic mass is 9.66. The number of ether oxygens (including phenoxy) is 1. The second kappa shape index (κ2) is 8.73. The minimum atomic E-state index is -0.521. The van der Waals surface area contributed by atoms with E-state index in [2.05, 4.69) is 121 Å². The molecule has 0 amide bonds. The van der Waals surface area contributed by atoms with Gasteiger partial charge in [0.25, 0.3) is 0 Å². The van der Waals surface area contributed by atoms with Crippen LogP contribution in [0.25, 0.3) is 44.7 Å². The van der Waals surface area contributed by atoms with Gasteiger partial charge in [0.1, 0.15) is 11.5 Å². The van der Waals surface area contributed by atoms with Gasteiger partial charge in [-0.15, -0.1) is 0 Å². The number of rotatable bonds is 2. The van der Waals surface area contributed by atoms with Crippen LogP contribution in [0.4, 0.5) is 0 Å². The van der Waals surface area contributed by atoms with E-state index in [-0.39, 0.29) is 0 Å². The van der Waals surface area contributed by atoms with E-state index in [0.29, 0.717) is 0 Å². The molecule has 0 saturated carbocycles. The van der Waals surface area contributed by atoms with Crippen LogP contribution in [0.1, 0.15) is 22.3 Å². The Hall–Kier alpha value is -5.54. The fraction of sp³-hybridized carbons (Fsp3) is 0.0256. The fourth-order valence-electron chi connectivity index (χ4n) is 7.10. The number of benzene rings is 6. The van der Waals surface area contributed by atoms with Gasteiger partial charge >= 0.3 is 0 Å². The maximum Gasteiger partial charge on any atom is 0.161 e. The second-order valence-electron chi connectivity index (χ2n) is 10.9. The molecule has 3 nitrogen and oxygen atoms in total. The average molecular weight is 537 g/mol. The predicted molar refractivity (Wildman–Crippen MR) is 168 cm³/mol. The molecule has 0 bridgehead atoms. The number of para-hydroxylation sites is 3. The van der Waals surface area contributed by atoms with Crippen molar-refractivity contribution in [2.24, 2.45) is 0 Å². The zero-order valence-electron chi connectivity index (χ0n) is 22.7. The zero-order valence-corrected chi connectivity index (χ0v) is 22.7. The van der Waals surface area contributed by atoms with Crippen LogP contribution < -0.4 is 4.74 Å². The highest BCUT2D eigenvalue weighted by molar-refractivity contribution is 5.98. The molecule has 42 heavy (non-hydrogen) atoms. The first kappa shape index (κ1) is 23.2. The molecule has 2 aliphatic rings. The zero-order chi connectivity index (χ0) is 27.7. The van der Waals surface area contributed by atoms with Crippen molar-refractivity contribution in [3.05, 3.63) is 168 Å². The van der Waals surface area contributed by atoms with Gasteiger partial charge in [-0.2, -0.15) is 0 Å². The number of fused-ring (bicyclic) bond motifs is 10. The van der Waals surface area contributed by atoms with Crippen LogP contribution in [-0.4, -0.2) is 9.97 Å². The van der Waals surface area contributed by atoms with Crippen molar-refractivity contribution in [1.29, 1.82) is 0 Å². The van der Waals surface area contributed by atoms with Gasteiger partial charge in [-0.1, -0.05) is 127 Å². The normalized spacial score (nSPS) is 13.6. The lowest BCUT2D eigenvalue weighted by Crippen LogP contribution is -2.32. The topological polar surface area (TPSA) is 35.0 Å². The van der Waals surface area contributed by atoms with Crippen molar-refractivity contribution in [2.45, 2.75) is 5.41 Å². The Labute approximate surface area is 243 Å². The van der Waals surface area contributed by atoms with Gasteiger partial charge in [-0.25, -0.2) is 9.97 Å². The molecule has 1 aliphatic heterocycles. The standard InChI is InChI=1S/C39H24N2O/c1-2-13-25(14-3-1)37-27-16-5-9-22-33(27)40-38(41-37)28-17-12-21-32-36(28)26-15-4-6-18-29(26)39(32)30-19-7-10-23-34(30)42-35-24-11-8-20-31(35)39/h1-24H. The van der Waals surface area contributed by atoms with Crippen molar-refractivity contribution >= 4 is 10.9 Å². The smallest absolute Gasteiger partial charge is 0.161 e. The first-order valence-electron chi connectivity index (χ1n) is 14.3. The molecule has 0 N–H and O–H groups in total. The maximum absolute atomic E-state index is 6.50. The van der Waals surface area contributed by atoms with E-state index in [1.54, 1.807) is 0 Å². The lowest BCUT2D eigenvalue weighted by molar-refractivity contribution is 0.436. The summed E-state index contributed by atoms with van der Waals surface area (Å²) in [6.07, 6.45) is 0. The summed E-state index contributed by atoms with van der Waals surface area (Å²) in [6, 6.07) is 51.0. The average Bonchev–Trinajstić information content (AvgIpc) is 3.36. The van der Waals surface area contributed by atoms with E-state index < -0.39 is 5.41 Å². The van der Waals surface area contributed by atoms with Gasteiger partial charge in [0.15, 0.2) is 5.82 Å². The Morgan fingerprint density at radius 2 is 1.05 bits per heavy atom. The summed E-state index contributed by atoms with van der Waals surface area (Å²) in [5, 5.41) is 1.05. The Bertz CT molecular complexity index is 2140. The van der Waals surface area contributed by atoms with Crippen LogP contribution in [0.5, 0.6) is 11.5 Å². The fourth-order valence-corrected chi connectivity index (χ4v) is 7.10. The molecule has 9 rings (SSSR count). The largest absolute Gasteiger partial charge is 0.457 e. The Balaban J connectivity index is 1.40. The molecule has 6 aromatic carbocycles. The van der Waals surface area contributed by atoms with E-state index in [0.717, 1.165) is 56.2 Å². The minimum absolute atomic E-state index is 0.521. The van der Waals surface area contributed by atoms with Gasteiger partial charge in [0.05, 0.1) is 16.6 Å². The van der Waals surface area contributed by atoms with E-state index in [1.807, 2.05) is 24.3 Å². The molecule has 0 fully saturated rings. The summed E-state index contributed by atoms with van der Waals surface area (Å²) < 4.78 is 6.50. The van der Waals surface area contributed by atoms with Crippen LogP contribution in [0.3, 0.4) is 0 Å². The van der Waals surface area contributed by atoms with E-state index >= 15 is 0 Å². The first-order chi connectivity index (χ1) is 20.8. The van der Waals surface area contributed by atoms with E-state index in [4.69, 9.17) is 14.7 Å². The molecule has 196 valence electrons. The molecule has 0 saturated heterocycles. The molecule has 0 radical (unpaired) electrons. The SMILES string of the molecule is c1ccc(-c2nc(-c3cccc4c3-c3ccccc3C43c4ccccc4Oc4ccccc43)nc3ccccc23)cc1. The monoisotopic (exact) mass is 536 g/mol. The van der Waals surface area contributed by atoms with Crippen LogP contribution >= 0.6 is 0 Å². The molecular weight excluding hydrogens is 512 g/mol. The maximum atomic E-state index is 6.50. The Morgan fingerprint density at radius 1 is 0.452 bits per heavy atom. The number of hydrogen-bond acceptors (Lipinski definition) is 3. The molecule has 1 spiro atoms. The van der Waals surface area contributed by atoms with Crippen molar-refractivity contribution in [2.75, 3.05) is 0 Å². The first-order valence-corrected chi connectivity index (χ1v) is 14.3. The third-order valence-corrected chi connectivity index (χ3v) is 8.76. The van der Waals surface area contributed by atoms with Gasteiger partial charge in [0.2, 0.25) is 0 Å². The Kier molecular flexibility index (Phi) is 4.82. The van der Waals surface area contributed by atoms with Gasteiger partial charge in [-0.05, 0) is 40.5 Å². The highest BCUT2D eigenvalue weighted by Gasteiger charge is 2.51. The summed E-state index contributed by atoms with van der Waals surface area (Å²) in [5.41, 5.74) is 10.6. The summed E-state index contributed by atoms with van der Waals surface area (Å²) in [5.74, 6) is 2.50. The molecule has 0 atom stereocenters. The molecular formula is C39H24N2O. The summed E-state index contributed by atoms with van der Waals surface area (Å²) in [6.45, 7) is 0. The lowest BCUT2D eigenvalue weighted by Gasteiger charge is -2.39. The van der Waals surface area contributed by atoms with Crippen molar-refractivity contribution in [3.63, 3.8) is 0 Å². The van der Waals surface area contributed by atoms with Gasteiger partial charge in [-0.3, -0.25) is 0 Å². The van der Waals surface area contributed by atoms with Crippen LogP contribution in [-0.2, 0) is 5.41 Å². The van der Waals surface area contributed by atoms with Crippen molar-refractivity contribution < 1.29 is 4.74 Å². The summed E-state index contributed by atoms with van der Waals surface area (Å²) in [4.78, 5) is 10.4. The van der Waals surface area contributed by atoms with E-state index in [1.165, 1.54) is 22.3 Å². The molecule has 0 unspecified atom stereocenters. The highest BCUT2D eigenvalue weighted by atomic mass is 16.5. The third-order valence-electron chi connectivity index (χ3n) is 8.76. The van der Waals surface area contributed by atoms with Crippen molar-refractivity contribution in [3.8, 4) is 45.3 Å². The molecule has 7 aromatic rings. The quantitative estimate of drug-likeness (QED) is 0.221. The highest BCUT2D eigenvalue weighted by Crippen LogP contribution is 2.63. The number of aromatic nitrogens is 2. The molecule has 3 heteroatoms. The van der Waals surface area contributed by atoms with Crippen LogP contribution in [0.15, 0.2) is 146 Å². The number of nitrogens with zero attached hydrogens (tertiary/aromatic N) is 2. The molecule has 1 aromatic heterocycles. The minimum Gasteiger partial charge on any atom is -0.457 e. The predicted octanol–water partition coefficient (Wildman–Crippen LogP) is 9.43. The molecule has 2 heterocycles. The second-order valence-corrected chi connectivity index (χ2v) is 10.9. The Morgan fingerprint density at radius 3 is 1.83 bits per heavy atom. The van der Waals surface area contributed by atoms with Gasteiger partial charge in [0, 0.05) is 27.6 Å². The van der Waals surface area contributed by atoms with Crippen molar-refractivity contribution in [1.82, 2.24) is 9.97 Å². The van der Waals surface area contributed by atoms with E-state index in [9.17, 15) is 0 Å². The number of hydrogen-bond donors (Lipinski definition) is 0. The third kappa shape index (κ3) is 3.05. The summed E-state index contributed by atoms with van der Waals surface area (Å²) >= 11 is 0. The summed E-state index contributed by atoms with van der Waals surface area (Å²) in [7, 11) is 0. The molecule has 1 aliphatic carbocycles. The van der Waals surface area contributed by atoms with Gasteiger partial charge < -0.3 is 4.74 Å². The van der Waals surface area contributed by atoms with Crippen LogP contribution in [0.2, 0.25) is 0 Å².